The van der Waals surface area contributed by atoms with Crippen molar-refractivity contribution in [1.29, 1.82) is 0 Å². The number of esters is 1. The van der Waals surface area contributed by atoms with E-state index in [0.29, 0.717) is 43.3 Å². The highest BCUT2D eigenvalue weighted by Crippen LogP contribution is 2.15. The zero-order chi connectivity index (χ0) is 30.9. The first kappa shape index (κ1) is 38.1. The Morgan fingerprint density at radius 2 is 1.80 bits per heavy atom. The van der Waals surface area contributed by atoms with E-state index < -0.39 is 17.8 Å². The fourth-order valence-electron chi connectivity index (χ4n) is 3.37. The Morgan fingerprint density at radius 3 is 2.39 bits per heavy atom. The Hall–Kier alpha value is -2.85. The number of aliphatic hydroxyl groups excluding tert-OH is 1. The molecule has 1 fully saturated rings. The molecule has 1 aliphatic heterocycles. The molecule has 0 aromatic rings. The Kier molecular flexibility index (Phi) is 23.2. The quantitative estimate of drug-likeness (QED) is 0.0730. The number of amides is 2. The van der Waals surface area contributed by atoms with Gasteiger partial charge in [-0.05, 0) is 45.1 Å². The molecule has 2 amide bonds. The topological polar surface area (TPSA) is 152 Å². The molecule has 2 rings (SSSR count). The van der Waals surface area contributed by atoms with Crippen LogP contribution in [0.3, 0.4) is 0 Å². The van der Waals surface area contributed by atoms with Crippen LogP contribution in [0.5, 0.6) is 0 Å². The van der Waals surface area contributed by atoms with E-state index in [0.717, 1.165) is 45.1 Å². The number of hydrogen-bond donors (Lipinski definition) is 2. The lowest BCUT2D eigenvalue weighted by Crippen LogP contribution is -2.31. The molecule has 0 radical (unpaired) electrons. The Labute approximate surface area is 244 Å². The number of rotatable bonds is 15. The first-order valence-electron chi connectivity index (χ1n) is 14.4. The molecule has 2 aliphatic rings. The Morgan fingerprint density at radius 1 is 1.12 bits per heavy atom. The number of carbonyl (C=O) groups is 5. The van der Waals surface area contributed by atoms with Gasteiger partial charge in [0.15, 0.2) is 0 Å². The smallest absolute Gasteiger partial charge is 0.333 e. The molecule has 0 aromatic heterocycles. The molecule has 12 nitrogen and oxygen atoms in total. The van der Waals surface area contributed by atoms with Crippen LogP contribution in [-0.2, 0) is 38.4 Å². The first-order valence-corrected chi connectivity index (χ1v) is 14.4. The van der Waals surface area contributed by atoms with Gasteiger partial charge in [0.25, 0.3) is 11.8 Å². The minimum Gasteiger partial charge on any atom is -0.462 e. The average molecular weight is 584 g/mol. The maximum absolute atomic E-state index is 11.8. The summed E-state index contributed by atoms with van der Waals surface area (Å²) < 4.78 is 5.54. The summed E-state index contributed by atoms with van der Waals surface area (Å²) in [7, 11) is 3.74. The molecule has 234 valence electrons. The van der Waals surface area contributed by atoms with Crippen molar-refractivity contribution in [2.75, 3.05) is 40.4 Å². The van der Waals surface area contributed by atoms with E-state index in [-0.39, 0.29) is 44.4 Å². The third-order valence-electron chi connectivity index (χ3n) is 5.73. The lowest BCUT2D eigenvalue weighted by Gasteiger charge is -2.19. The molecule has 1 unspecified atom stereocenters. The van der Waals surface area contributed by atoms with E-state index in [2.05, 4.69) is 35.8 Å². The van der Waals surface area contributed by atoms with Crippen molar-refractivity contribution in [3.63, 3.8) is 0 Å². The van der Waals surface area contributed by atoms with Crippen molar-refractivity contribution in [2.45, 2.75) is 97.0 Å². The summed E-state index contributed by atoms with van der Waals surface area (Å²) >= 11 is 0. The van der Waals surface area contributed by atoms with Gasteiger partial charge in [0.05, 0.1) is 19.6 Å². The van der Waals surface area contributed by atoms with Gasteiger partial charge in [-0.2, -0.15) is 5.06 Å². The summed E-state index contributed by atoms with van der Waals surface area (Å²) in [5.74, 6) is 5.01. The van der Waals surface area contributed by atoms with Gasteiger partial charge in [-0.25, -0.2) is 4.79 Å². The van der Waals surface area contributed by atoms with Crippen LogP contribution in [0.4, 0.5) is 0 Å². The highest BCUT2D eigenvalue weighted by Gasteiger charge is 2.32. The van der Waals surface area contributed by atoms with Gasteiger partial charge in [-0.1, -0.05) is 13.8 Å². The third kappa shape index (κ3) is 21.6. The molecule has 12 heteroatoms. The van der Waals surface area contributed by atoms with E-state index in [4.69, 9.17) is 14.7 Å². The Bertz CT molecular complexity index is 821. The molecule has 2 N–H and O–H groups in total. The number of aliphatic hydroxyl groups is 1. The number of likely N-dealkylation sites (N-methyl/N-ethyl adjacent to an activating group) is 1. The second-order valence-electron chi connectivity index (χ2n) is 9.94. The maximum Gasteiger partial charge on any atom is 0.333 e. The number of imide groups is 1. The van der Waals surface area contributed by atoms with Crippen LogP contribution in [0.15, 0.2) is 0 Å². The van der Waals surface area contributed by atoms with Gasteiger partial charge >= 0.3 is 11.9 Å². The zero-order valence-electron chi connectivity index (χ0n) is 25.2. The lowest BCUT2D eigenvalue weighted by molar-refractivity contribution is -0.197. The summed E-state index contributed by atoms with van der Waals surface area (Å²) in [5.41, 5.74) is 0. The highest BCUT2D eigenvalue weighted by atomic mass is 16.7. The van der Waals surface area contributed by atoms with Gasteiger partial charge in [-0.15, -0.1) is 16.9 Å². The molecule has 1 aliphatic carbocycles. The van der Waals surface area contributed by atoms with Crippen molar-refractivity contribution < 1.29 is 43.5 Å². The van der Waals surface area contributed by atoms with Gasteiger partial charge in [0.2, 0.25) is 0 Å². The predicted octanol–water partition coefficient (Wildman–Crippen LogP) is 2.33. The number of aldehydes is 1. The molecular formula is C29H49N3O9. The molecular weight excluding hydrogens is 534 g/mol. The first-order chi connectivity index (χ1) is 19.6. The summed E-state index contributed by atoms with van der Waals surface area (Å²) in [5, 5.41) is 13.1. The number of hydroxylamine groups is 4. The highest BCUT2D eigenvalue weighted by molar-refractivity contribution is 6.01. The number of carbonyl (C=O) groups excluding carboxylic acids is 5. The van der Waals surface area contributed by atoms with Crippen LogP contribution >= 0.6 is 0 Å². The summed E-state index contributed by atoms with van der Waals surface area (Å²) in [4.78, 5) is 64.6. The standard InChI is InChI=1S/C18H31NO3.C8H9NO5.C3H9NO/c1-16(2)13-14-19(3)21-15-9-12-18(20)22-17-10-7-5-4-6-8-11-17;10-5-1-2-8(13)14-9-6(11)3-4-7(9)12;1-4-2-3-5/h16-17H,5,7-15H2,1-3H3;5H,1-4H2;4-5H,2-3H2,1H3. The fourth-order valence-corrected chi connectivity index (χ4v) is 3.37. The summed E-state index contributed by atoms with van der Waals surface area (Å²) in [6, 6.07) is 0. The summed E-state index contributed by atoms with van der Waals surface area (Å²) in [6.45, 7) is 6.82. The second kappa shape index (κ2) is 24.9. The molecule has 0 bridgehead atoms. The number of nitrogens with one attached hydrogen (secondary N) is 1. The van der Waals surface area contributed by atoms with Crippen LogP contribution in [0.1, 0.15) is 90.9 Å². The predicted molar refractivity (Wildman–Crippen MR) is 152 cm³/mol. The zero-order valence-corrected chi connectivity index (χ0v) is 25.2. The average Bonchev–Trinajstić information content (AvgIpc) is 3.23. The number of nitrogens with zero attached hydrogens (tertiary/aromatic N) is 2. The number of hydrogen-bond acceptors (Lipinski definition) is 11. The van der Waals surface area contributed by atoms with Gasteiger partial charge in [-0.3, -0.25) is 19.2 Å². The van der Waals surface area contributed by atoms with Crippen molar-refractivity contribution in [1.82, 2.24) is 15.4 Å². The van der Waals surface area contributed by atoms with Crippen molar-refractivity contribution in [3.05, 3.63) is 0 Å². The second-order valence-corrected chi connectivity index (χ2v) is 9.94. The molecule has 1 saturated heterocycles. The monoisotopic (exact) mass is 583 g/mol. The molecule has 41 heavy (non-hydrogen) atoms. The third-order valence-corrected chi connectivity index (χ3v) is 5.73. The van der Waals surface area contributed by atoms with Crippen LogP contribution in [0.2, 0.25) is 0 Å². The van der Waals surface area contributed by atoms with Crippen LogP contribution in [0, 0.1) is 17.8 Å². The van der Waals surface area contributed by atoms with Crippen molar-refractivity contribution >= 4 is 30.0 Å². The van der Waals surface area contributed by atoms with Gasteiger partial charge in [0.1, 0.15) is 12.4 Å². The molecule has 0 spiro atoms. The van der Waals surface area contributed by atoms with Gasteiger partial charge < -0.3 is 24.8 Å². The van der Waals surface area contributed by atoms with Crippen molar-refractivity contribution in [2.24, 2.45) is 5.92 Å². The van der Waals surface area contributed by atoms with E-state index in [1.807, 2.05) is 12.1 Å². The Balaban J connectivity index is 0.000000715. The van der Waals surface area contributed by atoms with Gasteiger partial charge in [0, 0.05) is 58.7 Å². The minimum atomic E-state index is -0.749. The fraction of sp³-hybridized carbons (Fsp3) is 0.759. The molecule has 1 heterocycles. The van der Waals surface area contributed by atoms with E-state index in [1.54, 1.807) is 7.05 Å². The molecule has 1 atom stereocenters. The lowest BCUT2D eigenvalue weighted by atomic mass is 10.0. The largest absolute Gasteiger partial charge is 0.462 e. The van der Waals surface area contributed by atoms with Crippen LogP contribution in [-0.4, -0.2) is 91.8 Å². The van der Waals surface area contributed by atoms with E-state index in [9.17, 15) is 24.0 Å². The SMILES string of the molecule is CC(C)CCN(C)OCCCC(=O)OC1CCC#CCCC1.CNCCO.O=CCCC(=O)ON1C(=O)CCC1=O. The van der Waals surface area contributed by atoms with E-state index in [1.165, 1.54) is 0 Å². The summed E-state index contributed by atoms with van der Waals surface area (Å²) in [6.07, 6.45) is 7.49. The van der Waals surface area contributed by atoms with E-state index >= 15 is 0 Å². The van der Waals surface area contributed by atoms with Crippen LogP contribution < -0.4 is 5.32 Å². The molecule has 0 aromatic carbocycles. The molecule has 0 saturated carbocycles. The maximum atomic E-state index is 11.8. The van der Waals surface area contributed by atoms with Crippen LogP contribution in [0.25, 0.3) is 0 Å². The minimum absolute atomic E-state index is 0.0229. The normalized spacial score (nSPS) is 16.4. The van der Waals surface area contributed by atoms with Crippen molar-refractivity contribution in [3.8, 4) is 11.8 Å². The number of ether oxygens (including phenoxy) is 1.